The molecule has 16 heavy (non-hydrogen) atoms. The Morgan fingerprint density at radius 2 is 1.50 bits per heavy atom. The van der Waals surface area contributed by atoms with Gasteiger partial charge in [-0.05, 0) is 44.4 Å². The monoisotopic (exact) mass is 228 g/mol. The maximum absolute atomic E-state index is 5.66. The lowest BCUT2D eigenvalue weighted by Gasteiger charge is -2.28. The Labute approximate surface area is 98.4 Å². The standard InChI is InChI=1S/C13H24O3/c1-2-14-7-11-3-5-12(6-4-11)8-15-9-13-10-16-13/h11-13H,2-10H2,1H3. The van der Waals surface area contributed by atoms with Gasteiger partial charge in [0.05, 0.1) is 13.2 Å². The highest BCUT2D eigenvalue weighted by atomic mass is 16.6. The van der Waals surface area contributed by atoms with Crippen LogP contribution < -0.4 is 0 Å². The first-order valence-electron chi connectivity index (χ1n) is 6.65. The van der Waals surface area contributed by atoms with Crippen molar-refractivity contribution >= 4 is 0 Å². The van der Waals surface area contributed by atoms with Crippen LogP contribution in [0.1, 0.15) is 32.6 Å². The number of rotatable bonds is 7. The van der Waals surface area contributed by atoms with Crippen LogP contribution in [0.5, 0.6) is 0 Å². The number of hydrogen-bond acceptors (Lipinski definition) is 3. The molecule has 2 aliphatic rings. The zero-order chi connectivity index (χ0) is 11.2. The maximum Gasteiger partial charge on any atom is 0.104 e. The largest absolute Gasteiger partial charge is 0.381 e. The SMILES string of the molecule is CCOCC1CCC(COCC2CO2)CC1. The number of hydrogen-bond donors (Lipinski definition) is 0. The molecule has 1 heterocycles. The molecule has 94 valence electrons. The molecule has 1 aliphatic heterocycles. The lowest BCUT2D eigenvalue weighted by molar-refractivity contribution is 0.0481. The average Bonchev–Trinajstić information content (AvgIpc) is 3.12. The van der Waals surface area contributed by atoms with Crippen LogP contribution in [0.15, 0.2) is 0 Å². The van der Waals surface area contributed by atoms with Crippen LogP contribution in [0.3, 0.4) is 0 Å². The third kappa shape index (κ3) is 4.40. The zero-order valence-corrected chi connectivity index (χ0v) is 10.3. The highest BCUT2D eigenvalue weighted by Crippen LogP contribution is 2.29. The highest BCUT2D eigenvalue weighted by Gasteiger charge is 2.24. The van der Waals surface area contributed by atoms with Gasteiger partial charge in [-0.2, -0.15) is 0 Å². The molecule has 1 unspecified atom stereocenters. The molecule has 1 saturated heterocycles. The summed E-state index contributed by atoms with van der Waals surface area (Å²) in [6.45, 7) is 6.52. The predicted molar refractivity (Wildman–Crippen MR) is 62.5 cm³/mol. The van der Waals surface area contributed by atoms with Crippen molar-refractivity contribution in [1.29, 1.82) is 0 Å². The van der Waals surface area contributed by atoms with Gasteiger partial charge >= 0.3 is 0 Å². The van der Waals surface area contributed by atoms with E-state index in [0.29, 0.717) is 6.10 Å². The summed E-state index contributed by atoms with van der Waals surface area (Å²) in [5, 5.41) is 0. The Morgan fingerprint density at radius 3 is 2.00 bits per heavy atom. The van der Waals surface area contributed by atoms with Gasteiger partial charge in [0.25, 0.3) is 0 Å². The molecular weight excluding hydrogens is 204 g/mol. The fourth-order valence-corrected chi connectivity index (χ4v) is 2.38. The van der Waals surface area contributed by atoms with Crippen molar-refractivity contribution in [2.24, 2.45) is 11.8 Å². The van der Waals surface area contributed by atoms with Crippen molar-refractivity contribution in [3.8, 4) is 0 Å². The molecule has 0 spiro atoms. The summed E-state index contributed by atoms with van der Waals surface area (Å²) in [5.41, 5.74) is 0. The van der Waals surface area contributed by atoms with Gasteiger partial charge in [0.15, 0.2) is 0 Å². The Hall–Kier alpha value is -0.120. The van der Waals surface area contributed by atoms with E-state index in [1.165, 1.54) is 25.7 Å². The molecule has 1 saturated carbocycles. The van der Waals surface area contributed by atoms with Gasteiger partial charge in [-0.3, -0.25) is 0 Å². The van der Waals surface area contributed by atoms with E-state index in [4.69, 9.17) is 14.2 Å². The quantitative estimate of drug-likeness (QED) is 0.626. The van der Waals surface area contributed by atoms with Crippen molar-refractivity contribution < 1.29 is 14.2 Å². The normalized spacial score (nSPS) is 33.9. The molecule has 3 heteroatoms. The summed E-state index contributed by atoms with van der Waals surface area (Å²) in [5.74, 6) is 1.57. The van der Waals surface area contributed by atoms with Gasteiger partial charge in [-0.15, -0.1) is 0 Å². The fourth-order valence-electron chi connectivity index (χ4n) is 2.38. The second-order valence-corrected chi connectivity index (χ2v) is 5.04. The first-order chi connectivity index (χ1) is 7.88. The van der Waals surface area contributed by atoms with E-state index in [1.54, 1.807) is 0 Å². The molecule has 2 fully saturated rings. The molecule has 0 radical (unpaired) electrons. The van der Waals surface area contributed by atoms with Gasteiger partial charge in [0.1, 0.15) is 6.10 Å². The highest BCUT2D eigenvalue weighted by molar-refractivity contribution is 4.73. The first kappa shape index (κ1) is 12.3. The molecule has 3 nitrogen and oxygen atoms in total. The van der Waals surface area contributed by atoms with Gasteiger partial charge in [0, 0.05) is 19.8 Å². The topological polar surface area (TPSA) is 31.0 Å². The average molecular weight is 228 g/mol. The minimum atomic E-state index is 0.411. The molecule has 0 amide bonds. The predicted octanol–water partition coefficient (Wildman–Crippen LogP) is 2.24. The van der Waals surface area contributed by atoms with Crippen LogP contribution in [0, 0.1) is 11.8 Å². The summed E-state index contributed by atoms with van der Waals surface area (Å²) in [6, 6.07) is 0. The summed E-state index contributed by atoms with van der Waals surface area (Å²) in [4.78, 5) is 0. The van der Waals surface area contributed by atoms with E-state index in [0.717, 1.165) is 44.9 Å². The van der Waals surface area contributed by atoms with Crippen LogP contribution >= 0.6 is 0 Å². The van der Waals surface area contributed by atoms with Gasteiger partial charge in [-0.1, -0.05) is 0 Å². The molecule has 2 rings (SSSR count). The molecule has 0 aromatic carbocycles. The van der Waals surface area contributed by atoms with Crippen LogP contribution in [0.2, 0.25) is 0 Å². The second-order valence-electron chi connectivity index (χ2n) is 5.04. The van der Waals surface area contributed by atoms with Gasteiger partial charge in [-0.25, -0.2) is 0 Å². The third-order valence-electron chi connectivity index (χ3n) is 3.58. The molecule has 0 bridgehead atoms. The zero-order valence-electron chi connectivity index (χ0n) is 10.3. The van der Waals surface area contributed by atoms with E-state index < -0.39 is 0 Å². The minimum absolute atomic E-state index is 0.411. The Morgan fingerprint density at radius 1 is 0.938 bits per heavy atom. The van der Waals surface area contributed by atoms with E-state index in [-0.39, 0.29) is 0 Å². The Balaban J connectivity index is 1.50. The van der Waals surface area contributed by atoms with Crippen molar-refractivity contribution in [3.63, 3.8) is 0 Å². The van der Waals surface area contributed by atoms with E-state index in [2.05, 4.69) is 6.92 Å². The summed E-state index contributed by atoms with van der Waals surface area (Å²) >= 11 is 0. The van der Waals surface area contributed by atoms with Gasteiger partial charge in [0.2, 0.25) is 0 Å². The van der Waals surface area contributed by atoms with Crippen molar-refractivity contribution in [1.82, 2.24) is 0 Å². The number of epoxide rings is 1. The van der Waals surface area contributed by atoms with Crippen molar-refractivity contribution in [2.45, 2.75) is 38.7 Å². The fraction of sp³-hybridized carbons (Fsp3) is 1.00. The molecule has 0 N–H and O–H groups in total. The maximum atomic E-state index is 5.66. The molecule has 0 aromatic rings. The number of ether oxygens (including phenoxy) is 3. The molecular formula is C13H24O3. The van der Waals surface area contributed by atoms with Crippen LogP contribution in [0.25, 0.3) is 0 Å². The van der Waals surface area contributed by atoms with Gasteiger partial charge < -0.3 is 14.2 Å². The third-order valence-corrected chi connectivity index (χ3v) is 3.58. The lowest BCUT2D eigenvalue weighted by atomic mass is 9.83. The Bertz CT molecular complexity index is 184. The van der Waals surface area contributed by atoms with Crippen LogP contribution in [-0.4, -0.2) is 39.1 Å². The van der Waals surface area contributed by atoms with Crippen molar-refractivity contribution in [3.05, 3.63) is 0 Å². The van der Waals surface area contributed by atoms with Crippen LogP contribution in [0.4, 0.5) is 0 Å². The summed E-state index contributed by atoms with van der Waals surface area (Å²) < 4.78 is 16.3. The lowest BCUT2D eigenvalue weighted by Crippen LogP contribution is -2.22. The first-order valence-corrected chi connectivity index (χ1v) is 6.65. The Kier molecular flexibility index (Phi) is 5.07. The smallest absolute Gasteiger partial charge is 0.104 e. The van der Waals surface area contributed by atoms with Crippen molar-refractivity contribution in [2.75, 3.05) is 33.0 Å². The summed E-state index contributed by atoms with van der Waals surface area (Å²) in [7, 11) is 0. The van der Waals surface area contributed by atoms with E-state index in [1.807, 2.05) is 0 Å². The molecule has 0 aromatic heterocycles. The van der Waals surface area contributed by atoms with E-state index in [9.17, 15) is 0 Å². The minimum Gasteiger partial charge on any atom is -0.381 e. The van der Waals surface area contributed by atoms with Crippen LogP contribution in [-0.2, 0) is 14.2 Å². The van der Waals surface area contributed by atoms with E-state index >= 15 is 0 Å². The molecule has 1 aliphatic carbocycles. The summed E-state index contributed by atoms with van der Waals surface area (Å²) in [6.07, 6.45) is 5.66. The molecule has 1 atom stereocenters. The second kappa shape index (κ2) is 6.58.